The molecule has 0 aliphatic heterocycles. The van der Waals surface area contributed by atoms with Gasteiger partial charge in [-0.2, -0.15) is 0 Å². The lowest BCUT2D eigenvalue weighted by atomic mass is 10.4. The lowest BCUT2D eigenvalue weighted by Crippen LogP contribution is -2.39. The fourth-order valence-corrected chi connectivity index (χ4v) is 1.23. The fourth-order valence-electron chi connectivity index (χ4n) is 1.23. The quantitative estimate of drug-likeness (QED) is 0.538. The Hall–Kier alpha value is -2.51. The summed E-state index contributed by atoms with van der Waals surface area (Å²) in [5.41, 5.74) is 0. The molecule has 0 aliphatic rings. The van der Waals surface area contributed by atoms with Crippen molar-refractivity contribution in [2.24, 2.45) is 0 Å². The van der Waals surface area contributed by atoms with Crippen molar-refractivity contribution < 1.29 is 23.9 Å². The van der Waals surface area contributed by atoms with E-state index in [1.54, 1.807) is 0 Å². The average molecular weight is 269 g/mol. The molecule has 1 rings (SSSR count). The van der Waals surface area contributed by atoms with Crippen molar-refractivity contribution in [1.29, 1.82) is 0 Å². The van der Waals surface area contributed by atoms with Crippen LogP contribution in [-0.2, 0) is 11.3 Å². The molecule has 3 amide bonds. The largest absolute Gasteiger partial charge is 0.475 e. The van der Waals surface area contributed by atoms with E-state index in [4.69, 9.17) is 9.52 Å². The molecule has 8 nitrogen and oxygen atoms in total. The minimum Gasteiger partial charge on any atom is -0.475 e. The summed E-state index contributed by atoms with van der Waals surface area (Å²) in [6.07, 6.45) is 0. The van der Waals surface area contributed by atoms with Gasteiger partial charge in [-0.05, 0) is 12.1 Å². The van der Waals surface area contributed by atoms with E-state index < -0.39 is 12.0 Å². The molecule has 0 radical (unpaired) electrons. The Kier molecular flexibility index (Phi) is 5.39. The van der Waals surface area contributed by atoms with Gasteiger partial charge in [0.05, 0.1) is 6.54 Å². The third-order valence-electron chi connectivity index (χ3n) is 2.08. The van der Waals surface area contributed by atoms with Crippen LogP contribution in [0.3, 0.4) is 0 Å². The maximum atomic E-state index is 11.3. The van der Waals surface area contributed by atoms with Crippen LogP contribution in [0.25, 0.3) is 0 Å². The molecule has 0 atom stereocenters. The SMILES string of the molecule is CC(=O)NCCNC(=O)NCc1ccc(C(=O)O)o1. The van der Waals surface area contributed by atoms with Crippen molar-refractivity contribution in [3.63, 3.8) is 0 Å². The second kappa shape index (κ2) is 7.04. The predicted octanol–water partition coefficient (Wildman–Crippen LogP) is -0.0869. The zero-order valence-corrected chi connectivity index (χ0v) is 10.4. The standard InChI is InChI=1S/C11H15N3O5/c1-7(15)12-4-5-13-11(18)14-6-8-2-3-9(19-8)10(16)17/h2-3H,4-6H2,1H3,(H,12,15)(H,16,17)(H2,13,14,18). The van der Waals surface area contributed by atoms with E-state index in [2.05, 4.69) is 16.0 Å². The van der Waals surface area contributed by atoms with Crippen molar-refractivity contribution in [1.82, 2.24) is 16.0 Å². The molecule has 0 fully saturated rings. The van der Waals surface area contributed by atoms with Gasteiger partial charge in [0, 0.05) is 20.0 Å². The van der Waals surface area contributed by atoms with Crippen molar-refractivity contribution in [3.8, 4) is 0 Å². The van der Waals surface area contributed by atoms with Crippen LogP contribution in [0.5, 0.6) is 0 Å². The average Bonchev–Trinajstić information content (AvgIpc) is 2.81. The van der Waals surface area contributed by atoms with Crippen LogP contribution in [0.2, 0.25) is 0 Å². The van der Waals surface area contributed by atoms with Gasteiger partial charge in [-0.3, -0.25) is 4.79 Å². The number of rotatable bonds is 6. The number of carbonyl (C=O) groups excluding carboxylic acids is 2. The highest BCUT2D eigenvalue weighted by Crippen LogP contribution is 2.07. The van der Waals surface area contributed by atoms with Crippen molar-refractivity contribution >= 4 is 17.9 Å². The number of carbonyl (C=O) groups is 3. The first-order chi connectivity index (χ1) is 8.99. The molecule has 0 spiro atoms. The van der Waals surface area contributed by atoms with E-state index in [1.165, 1.54) is 19.1 Å². The second-order valence-corrected chi connectivity index (χ2v) is 3.66. The molecule has 0 aliphatic carbocycles. The van der Waals surface area contributed by atoms with E-state index in [0.29, 0.717) is 18.8 Å². The molecule has 104 valence electrons. The molecule has 0 saturated heterocycles. The van der Waals surface area contributed by atoms with Crippen molar-refractivity contribution in [3.05, 3.63) is 23.7 Å². The van der Waals surface area contributed by atoms with Crippen LogP contribution in [0, 0.1) is 0 Å². The van der Waals surface area contributed by atoms with E-state index in [-0.39, 0.29) is 18.2 Å². The third-order valence-corrected chi connectivity index (χ3v) is 2.08. The highest BCUT2D eigenvalue weighted by atomic mass is 16.4. The molecule has 1 aromatic heterocycles. The van der Waals surface area contributed by atoms with Gasteiger partial charge in [-0.25, -0.2) is 9.59 Å². The van der Waals surface area contributed by atoms with Gasteiger partial charge in [-0.15, -0.1) is 0 Å². The molecule has 4 N–H and O–H groups in total. The van der Waals surface area contributed by atoms with E-state index in [0.717, 1.165) is 0 Å². The van der Waals surface area contributed by atoms with E-state index >= 15 is 0 Å². The summed E-state index contributed by atoms with van der Waals surface area (Å²) in [6, 6.07) is 2.35. The summed E-state index contributed by atoms with van der Waals surface area (Å²) in [5.74, 6) is -1.16. The summed E-state index contributed by atoms with van der Waals surface area (Å²) in [7, 11) is 0. The van der Waals surface area contributed by atoms with Crippen LogP contribution in [-0.4, -0.2) is 36.1 Å². The lowest BCUT2D eigenvalue weighted by Gasteiger charge is -2.06. The van der Waals surface area contributed by atoms with Crippen LogP contribution in [0.4, 0.5) is 4.79 Å². The number of urea groups is 1. The monoisotopic (exact) mass is 269 g/mol. The lowest BCUT2D eigenvalue weighted by molar-refractivity contribution is -0.118. The molecule has 1 heterocycles. The molecule has 0 saturated carbocycles. The van der Waals surface area contributed by atoms with Gasteiger partial charge in [0.25, 0.3) is 0 Å². The molecule has 8 heteroatoms. The molecular formula is C11H15N3O5. The Morgan fingerprint density at radius 3 is 2.42 bits per heavy atom. The van der Waals surface area contributed by atoms with Gasteiger partial charge >= 0.3 is 12.0 Å². The fraction of sp³-hybridized carbons (Fsp3) is 0.364. The smallest absolute Gasteiger partial charge is 0.371 e. The highest BCUT2D eigenvalue weighted by molar-refractivity contribution is 5.84. The number of carboxylic acid groups (broad SMARTS) is 1. The summed E-state index contributed by atoms with van der Waals surface area (Å²) in [6.45, 7) is 2.10. The number of aromatic carboxylic acids is 1. The first-order valence-corrected chi connectivity index (χ1v) is 5.57. The topological polar surface area (TPSA) is 121 Å². The maximum absolute atomic E-state index is 11.3. The number of carboxylic acids is 1. The normalized spacial score (nSPS) is 9.74. The van der Waals surface area contributed by atoms with E-state index in [1.807, 2.05) is 0 Å². The van der Waals surface area contributed by atoms with Gasteiger partial charge in [0.15, 0.2) is 0 Å². The second-order valence-electron chi connectivity index (χ2n) is 3.66. The Morgan fingerprint density at radius 1 is 1.16 bits per heavy atom. The zero-order valence-electron chi connectivity index (χ0n) is 10.4. The number of furan rings is 1. The van der Waals surface area contributed by atoms with Crippen molar-refractivity contribution in [2.45, 2.75) is 13.5 Å². The number of hydrogen-bond acceptors (Lipinski definition) is 4. The highest BCUT2D eigenvalue weighted by Gasteiger charge is 2.09. The minimum absolute atomic E-state index is 0.0826. The number of amides is 3. The Morgan fingerprint density at radius 2 is 1.84 bits per heavy atom. The van der Waals surface area contributed by atoms with Crippen molar-refractivity contribution in [2.75, 3.05) is 13.1 Å². The van der Waals surface area contributed by atoms with E-state index in [9.17, 15) is 14.4 Å². The zero-order chi connectivity index (χ0) is 14.3. The summed E-state index contributed by atoms with van der Waals surface area (Å²) < 4.78 is 4.95. The van der Waals surface area contributed by atoms with Crippen LogP contribution in [0.15, 0.2) is 16.5 Å². The maximum Gasteiger partial charge on any atom is 0.371 e. The summed E-state index contributed by atoms with van der Waals surface area (Å²) >= 11 is 0. The molecule has 0 bridgehead atoms. The molecule has 1 aromatic rings. The first kappa shape index (κ1) is 14.6. The van der Waals surface area contributed by atoms with Crippen LogP contribution < -0.4 is 16.0 Å². The Labute approximate surface area is 109 Å². The number of nitrogens with one attached hydrogen (secondary N) is 3. The minimum atomic E-state index is -1.16. The molecule has 19 heavy (non-hydrogen) atoms. The Bertz CT molecular complexity index is 469. The van der Waals surface area contributed by atoms with Gasteiger partial charge in [-0.1, -0.05) is 0 Å². The van der Waals surface area contributed by atoms with Gasteiger partial charge < -0.3 is 25.5 Å². The summed E-state index contributed by atoms with van der Waals surface area (Å²) in [5, 5.41) is 16.2. The summed E-state index contributed by atoms with van der Waals surface area (Å²) in [4.78, 5) is 32.4. The van der Waals surface area contributed by atoms with Gasteiger partial charge in [0.2, 0.25) is 11.7 Å². The first-order valence-electron chi connectivity index (χ1n) is 5.57. The predicted molar refractivity (Wildman–Crippen MR) is 64.6 cm³/mol. The van der Waals surface area contributed by atoms with Gasteiger partial charge in [0.1, 0.15) is 5.76 Å². The van der Waals surface area contributed by atoms with Crippen LogP contribution in [0.1, 0.15) is 23.2 Å². The molecular weight excluding hydrogens is 254 g/mol. The Balaban J connectivity index is 2.22. The molecule has 0 aromatic carbocycles. The van der Waals surface area contributed by atoms with Crippen LogP contribution >= 0.6 is 0 Å². The molecule has 0 unspecified atom stereocenters. The number of hydrogen-bond donors (Lipinski definition) is 4. The third kappa shape index (κ3) is 5.57.